The highest BCUT2D eigenvalue weighted by molar-refractivity contribution is 7.99. The molecule has 184 valence electrons. The molecule has 34 heavy (non-hydrogen) atoms. The highest BCUT2D eigenvalue weighted by atomic mass is 32.2. The largest absolute Gasteiger partial charge is 0.375 e. The lowest BCUT2D eigenvalue weighted by atomic mass is 9.62. The van der Waals surface area contributed by atoms with E-state index in [1.54, 1.807) is 11.8 Å². The molecule has 0 radical (unpaired) electrons. The van der Waals surface area contributed by atoms with Gasteiger partial charge in [-0.3, -0.25) is 9.36 Å². The van der Waals surface area contributed by atoms with Gasteiger partial charge in [0.25, 0.3) is 5.56 Å². The minimum atomic E-state index is -0.215. The third-order valence-electron chi connectivity index (χ3n) is 8.19. The van der Waals surface area contributed by atoms with Gasteiger partial charge in [-0.15, -0.1) is 0 Å². The summed E-state index contributed by atoms with van der Waals surface area (Å²) < 4.78 is 8.15. The molecule has 2 heterocycles. The van der Waals surface area contributed by atoms with Crippen LogP contribution in [0.2, 0.25) is 0 Å². The van der Waals surface area contributed by atoms with Gasteiger partial charge in [-0.05, 0) is 63.9 Å². The molecule has 2 aliphatic carbocycles. The Balaban J connectivity index is 1.70. The van der Waals surface area contributed by atoms with Crippen LogP contribution >= 0.6 is 11.8 Å². The average Bonchev–Trinajstić information content (AvgIpc) is 2.78. The molecule has 1 atom stereocenters. The minimum Gasteiger partial charge on any atom is -0.375 e. The number of ether oxygens (including phenoxy) is 1. The SMILES string of the molecule is CC(C)CCSc1nc2c(c(=O)n1[C@H]1CCOC(C)(C)C1)C1(CCCCC1)Cc1ccccc1-2. The second kappa shape index (κ2) is 9.46. The van der Waals surface area contributed by atoms with Crippen molar-refractivity contribution in [2.45, 2.75) is 108 Å². The van der Waals surface area contributed by atoms with Gasteiger partial charge in [0.15, 0.2) is 5.16 Å². The molecular weight excluding hydrogens is 440 g/mol. The molecule has 1 saturated carbocycles. The van der Waals surface area contributed by atoms with Crippen LogP contribution < -0.4 is 5.56 Å². The number of hydrogen-bond donors (Lipinski definition) is 0. The lowest BCUT2D eigenvalue weighted by Gasteiger charge is -2.43. The molecule has 1 aromatic carbocycles. The second-order valence-electron chi connectivity index (χ2n) is 11.8. The molecule has 0 N–H and O–H groups in total. The van der Waals surface area contributed by atoms with E-state index in [4.69, 9.17) is 9.72 Å². The zero-order chi connectivity index (χ0) is 23.9. The first-order chi connectivity index (χ1) is 16.3. The monoisotopic (exact) mass is 480 g/mol. The fourth-order valence-corrected chi connectivity index (χ4v) is 7.73. The zero-order valence-electron chi connectivity index (χ0n) is 21.4. The van der Waals surface area contributed by atoms with Gasteiger partial charge in [0.05, 0.1) is 16.9 Å². The molecule has 1 aromatic heterocycles. The summed E-state index contributed by atoms with van der Waals surface area (Å²) in [6, 6.07) is 8.83. The molecular formula is C29H40N2O2S. The lowest BCUT2D eigenvalue weighted by Crippen LogP contribution is -2.45. The zero-order valence-corrected chi connectivity index (χ0v) is 22.2. The van der Waals surface area contributed by atoms with Gasteiger partial charge < -0.3 is 4.74 Å². The van der Waals surface area contributed by atoms with Crippen molar-refractivity contribution in [1.29, 1.82) is 0 Å². The Hall–Kier alpha value is -1.59. The van der Waals surface area contributed by atoms with Crippen LogP contribution in [0, 0.1) is 5.92 Å². The standard InChI is InChI=1S/C29H40N2O2S/c1-20(2)13-17-34-27-30-25-23-11-7-6-10-21(23)18-29(14-8-5-9-15-29)24(25)26(32)31(27)22-12-16-33-28(3,4)19-22/h6-7,10-11,20,22H,5,8-9,12-19H2,1-4H3/t22-/m0/s1. The topological polar surface area (TPSA) is 44.1 Å². The summed E-state index contributed by atoms with van der Waals surface area (Å²) in [7, 11) is 0. The van der Waals surface area contributed by atoms with Crippen molar-refractivity contribution in [3.63, 3.8) is 0 Å². The lowest BCUT2D eigenvalue weighted by molar-refractivity contribution is -0.0710. The number of hydrogen-bond acceptors (Lipinski definition) is 4. The molecule has 2 aromatic rings. The third-order valence-corrected chi connectivity index (χ3v) is 9.17. The molecule has 0 amide bonds. The van der Waals surface area contributed by atoms with E-state index in [-0.39, 0.29) is 22.6 Å². The first-order valence-corrected chi connectivity index (χ1v) is 14.3. The quantitative estimate of drug-likeness (QED) is 0.343. The van der Waals surface area contributed by atoms with Gasteiger partial charge in [0.2, 0.25) is 0 Å². The van der Waals surface area contributed by atoms with Crippen molar-refractivity contribution in [1.82, 2.24) is 9.55 Å². The summed E-state index contributed by atoms with van der Waals surface area (Å²) in [4.78, 5) is 20.0. The minimum absolute atomic E-state index is 0.0599. The van der Waals surface area contributed by atoms with Gasteiger partial charge >= 0.3 is 0 Å². The van der Waals surface area contributed by atoms with Crippen LogP contribution in [0.5, 0.6) is 0 Å². The first kappa shape index (κ1) is 24.1. The molecule has 1 aliphatic heterocycles. The molecule has 4 nitrogen and oxygen atoms in total. The Labute approximate surface area is 208 Å². The molecule has 2 fully saturated rings. The predicted molar refractivity (Wildman–Crippen MR) is 141 cm³/mol. The number of thioether (sulfide) groups is 1. The summed E-state index contributed by atoms with van der Waals surface area (Å²) in [5.74, 6) is 1.63. The van der Waals surface area contributed by atoms with E-state index < -0.39 is 0 Å². The summed E-state index contributed by atoms with van der Waals surface area (Å²) in [6.45, 7) is 9.53. The van der Waals surface area contributed by atoms with Crippen LogP contribution in [0.15, 0.2) is 34.2 Å². The highest BCUT2D eigenvalue weighted by Crippen LogP contribution is 2.49. The van der Waals surface area contributed by atoms with Crippen LogP contribution in [-0.2, 0) is 16.6 Å². The van der Waals surface area contributed by atoms with Crippen molar-refractivity contribution in [3.8, 4) is 11.3 Å². The van der Waals surface area contributed by atoms with Gasteiger partial charge in [-0.1, -0.05) is 69.1 Å². The van der Waals surface area contributed by atoms with Crippen LogP contribution in [0.3, 0.4) is 0 Å². The Morgan fingerprint density at radius 3 is 2.68 bits per heavy atom. The Morgan fingerprint density at radius 2 is 1.94 bits per heavy atom. The number of fused-ring (bicyclic) bond motifs is 4. The number of nitrogens with zero attached hydrogens (tertiary/aromatic N) is 2. The summed E-state index contributed by atoms with van der Waals surface area (Å²) in [5, 5.41) is 0.912. The third kappa shape index (κ3) is 4.51. The van der Waals surface area contributed by atoms with Gasteiger partial charge in [0.1, 0.15) is 0 Å². The average molecular weight is 481 g/mol. The van der Waals surface area contributed by atoms with Crippen molar-refractivity contribution < 1.29 is 4.74 Å². The summed E-state index contributed by atoms with van der Waals surface area (Å²) >= 11 is 1.78. The maximum absolute atomic E-state index is 14.6. The van der Waals surface area contributed by atoms with E-state index in [1.807, 2.05) is 0 Å². The van der Waals surface area contributed by atoms with Crippen LogP contribution in [0.1, 0.15) is 96.2 Å². The van der Waals surface area contributed by atoms with Crippen molar-refractivity contribution in [2.75, 3.05) is 12.4 Å². The Kier molecular flexibility index (Phi) is 6.71. The number of rotatable bonds is 5. The number of benzene rings is 1. The molecule has 5 heteroatoms. The maximum Gasteiger partial charge on any atom is 0.258 e. The smallest absolute Gasteiger partial charge is 0.258 e. The normalized spacial score (nSPS) is 23.0. The fraction of sp³-hybridized carbons (Fsp3) is 0.655. The summed E-state index contributed by atoms with van der Waals surface area (Å²) in [5.41, 5.74) is 4.49. The van der Waals surface area contributed by atoms with Gasteiger partial charge in [-0.2, -0.15) is 0 Å². The molecule has 1 spiro atoms. The summed E-state index contributed by atoms with van der Waals surface area (Å²) in [6.07, 6.45) is 9.72. The van der Waals surface area contributed by atoms with Gasteiger partial charge in [0, 0.05) is 29.4 Å². The second-order valence-corrected chi connectivity index (χ2v) is 12.8. The van der Waals surface area contributed by atoms with E-state index in [0.29, 0.717) is 12.5 Å². The maximum atomic E-state index is 14.6. The first-order valence-electron chi connectivity index (χ1n) is 13.3. The van der Waals surface area contributed by atoms with Crippen molar-refractivity contribution in [3.05, 3.63) is 45.7 Å². The number of aromatic nitrogens is 2. The van der Waals surface area contributed by atoms with Crippen molar-refractivity contribution >= 4 is 11.8 Å². The molecule has 5 rings (SSSR count). The van der Waals surface area contributed by atoms with E-state index >= 15 is 0 Å². The molecule has 1 saturated heterocycles. The fourth-order valence-electron chi connectivity index (χ4n) is 6.43. The highest BCUT2D eigenvalue weighted by Gasteiger charge is 2.44. The van der Waals surface area contributed by atoms with Crippen LogP contribution in [0.4, 0.5) is 0 Å². The van der Waals surface area contributed by atoms with Crippen LogP contribution in [-0.4, -0.2) is 27.5 Å². The molecule has 0 bridgehead atoms. The van der Waals surface area contributed by atoms with Crippen LogP contribution in [0.25, 0.3) is 11.3 Å². The van der Waals surface area contributed by atoms with Crippen molar-refractivity contribution in [2.24, 2.45) is 5.92 Å². The van der Waals surface area contributed by atoms with E-state index in [1.165, 1.54) is 30.4 Å². The Bertz CT molecular complexity index is 1100. The van der Waals surface area contributed by atoms with Gasteiger partial charge in [-0.25, -0.2) is 4.98 Å². The van der Waals surface area contributed by atoms with E-state index in [0.717, 1.165) is 60.7 Å². The molecule has 3 aliphatic rings. The van der Waals surface area contributed by atoms with E-state index in [2.05, 4.69) is 56.5 Å². The molecule has 0 unspecified atom stereocenters. The Morgan fingerprint density at radius 1 is 1.18 bits per heavy atom. The van der Waals surface area contributed by atoms with E-state index in [9.17, 15) is 4.79 Å². The predicted octanol–water partition coefficient (Wildman–Crippen LogP) is 6.94.